The summed E-state index contributed by atoms with van der Waals surface area (Å²) in [7, 11) is 1.58. The lowest BCUT2D eigenvalue weighted by Gasteiger charge is -2.39. The maximum Gasteiger partial charge on any atom is 0.323 e. The molecule has 2 rings (SSSR count). The van der Waals surface area contributed by atoms with Gasteiger partial charge in [0.1, 0.15) is 6.04 Å². The van der Waals surface area contributed by atoms with Crippen molar-refractivity contribution in [3.05, 3.63) is 22.7 Å². The zero-order valence-electron chi connectivity index (χ0n) is 13.9. The third-order valence-electron chi connectivity index (χ3n) is 3.84. The van der Waals surface area contributed by atoms with Crippen molar-refractivity contribution in [3.8, 4) is 0 Å². The van der Waals surface area contributed by atoms with E-state index in [1.165, 1.54) is 21.9 Å². The van der Waals surface area contributed by atoms with Crippen LogP contribution in [0.4, 0.5) is 10.6 Å². The third kappa shape index (κ3) is 3.69. The van der Waals surface area contributed by atoms with E-state index in [1.807, 2.05) is 13.8 Å². The summed E-state index contributed by atoms with van der Waals surface area (Å²) in [4.78, 5) is 43.7. The van der Waals surface area contributed by atoms with Crippen LogP contribution in [0.2, 0.25) is 0 Å². The van der Waals surface area contributed by atoms with Crippen LogP contribution in [0, 0.1) is 5.92 Å². The third-order valence-corrected chi connectivity index (χ3v) is 3.84. The smallest absolute Gasteiger partial charge is 0.323 e. The van der Waals surface area contributed by atoms with Crippen LogP contribution in [0.5, 0.6) is 0 Å². The Kier molecular flexibility index (Phi) is 5.02. The maximum atomic E-state index is 12.4. The number of aromatic nitrogens is 2. The number of piperazine rings is 1. The number of hydrogen-bond donors (Lipinski definition) is 1. The van der Waals surface area contributed by atoms with E-state index < -0.39 is 17.6 Å². The van der Waals surface area contributed by atoms with E-state index in [-0.39, 0.29) is 11.7 Å². The Labute approximate surface area is 135 Å². The number of anilines is 1. The van der Waals surface area contributed by atoms with Crippen molar-refractivity contribution in [2.45, 2.75) is 26.8 Å². The van der Waals surface area contributed by atoms with Crippen molar-refractivity contribution in [1.29, 1.82) is 0 Å². The summed E-state index contributed by atoms with van der Waals surface area (Å²) < 4.78 is 1.33. The van der Waals surface area contributed by atoms with Crippen molar-refractivity contribution in [3.63, 3.8) is 0 Å². The summed E-state index contributed by atoms with van der Waals surface area (Å²) in [5.74, 6) is 0.265. The van der Waals surface area contributed by atoms with Crippen molar-refractivity contribution in [2.24, 2.45) is 13.0 Å². The van der Waals surface area contributed by atoms with Crippen LogP contribution in [-0.2, 0) is 11.8 Å². The quantitative estimate of drug-likeness (QED) is 0.878. The van der Waals surface area contributed by atoms with E-state index in [9.17, 15) is 14.4 Å². The molecule has 1 atom stereocenters. The minimum Gasteiger partial charge on any atom is -0.339 e. The first-order valence-electron chi connectivity index (χ1n) is 7.69. The predicted octanol–water partition coefficient (Wildman–Crippen LogP) is 0.501. The second-order valence-corrected chi connectivity index (χ2v) is 6.17. The Bertz CT molecular complexity index is 655. The lowest BCUT2D eigenvalue weighted by Crippen LogP contribution is -2.59. The van der Waals surface area contributed by atoms with E-state index in [2.05, 4.69) is 10.3 Å². The maximum absolute atomic E-state index is 12.4. The zero-order chi connectivity index (χ0) is 17.1. The highest BCUT2D eigenvalue weighted by atomic mass is 16.2. The molecule has 1 fully saturated rings. The Morgan fingerprint density at radius 3 is 2.74 bits per heavy atom. The summed E-state index contributed by atoms with van der Waals surface area (Å²) in [6.45, 7) is 7.40. The van der Waals surface area contributed by atoms with Gasteiger partial charge in [0.15, 0.2) is 0 Å². The number of urea groups is 1. The van der Waals surface area contributed by atoms with Crippen LogP contribution < -0.4 is 10.9 Å². The standard InChI is InChI=1S/C15H23N5O3/c1-10(2)9-19-7-8-20(11(3)13(19)21)15(23)17-12-14(22)18(4)6-5-16-12/h5-6,10-11H,7-9H2,1-4H3,(H,16,17,23). The summed E-state index contributed by atoms with van der Waals surface area (Å²) in [5.41, 5.74) is -0.390. The van der Waals surface area contributed by atoms with Crippen LogP contribution in [0.1, 0.15) is 20.8 Å². The first kappa shape index (κ1) is 17.0. The highest BCUT2D eigenvalue weighted by Gasteiger charge is 2.34. The molecule has 0 aromatic carbocycles. The number of carbonyl (C=O) groups is 2. The molecule has 0 bridgehead atoms. The van der Waals surface area contributed by atoms with Crippen molar-refractivity contribution >= 4 is 17.8 Å². The second kappa shape index (κ2) is 6.80. The van der Waals surface area contributed by atoms with Gasteiger partial charge < -0.3 is 14.4 Å². The second-order valence-electron chi connectivity index (χ2n) is 6.17. The molecule has 1 aliphatic rings. The molecular weight excluding hydrogens is 298 g/mol. The molecule has 1 N–H and O–H groups in total. The van der Waals surface area contributed by atoms with Gasteiger partial charge in [0.05, 0.1) is 0 Å². The molecule has 0 radical (unpaired) electrons. The molecule has 1 unspecified atom stereocenters. The Hall–Kier alpha value is -2.38. The van der Waals surface area contributed by atoms with E-state index in [1.54, 1.807) is 18.9 Å². The molecule has 1 aromatic rings. The molecule has 1 aliphatic heterocycles. The van der Waals surface area contributed by atoms with Gasteiger partial charge >= 0.3 is 6.03 Å². The summed E-state index contributed by atoms with van der Waals surface area (Å²) >= 11 is 0. The fourth-order valence-electron chi connectivity index (χ4n) is 2.59. The van der Waals surface area contributed by atoms with E-state index in [4.69, 9.17) is 0 Å². The van der Waals surface area contributed by atoms with Crippen LogP contribution in [-0.4, -0.2) is 57.0 Å². The van der Waals surface area contributed by atoms with Gasteiger partial charge in [0.2, 0.25) is 11.7 Å². The fourth-order valence-corrected chi connectivity index (χ4v) is 2.59. The van der Waals surface area contributed by atoms with E-state index in [0.29, 0.717) is 25.6 Å². The molecule has 1 saturated heterocycles. The average Bonchev–Trinajstić information content (AvgIpc) is 2.48. The van der Waals surface area contributed by atoms with Gasteiger partial charge in [-0.05, 0) is 12.8 Å². The Morgan fingerprint density at radius 2 is 2.09 bits per heavy atom. The molecule has 23 heavy (non-hydrogen) atoms. The largest absolute Gasteiger partial charge is 0.339 e. The molecule has 0 spiro atoms. The van der Waals surface area contributed by atoms with Gasteiger partial charge in [0, 0.05) is 39.1 Å². The summed E-state index contributed by atoms with van der Waals surface area (Å²) in [6, 6.07) is -1.04. The lowest BCUT2D eigenvalue weighted by atomic mass is 10.1. The number of rotatable bonds is 3. The molecule has 3 amide bonds. The minimum atomic E-state index is -0.560. The number of carbonyl (C=O) groups excluding carboxylic acids is 2. The topological polar surface area (TPSA) is 87.5 Å². The molecule has 0 aliphatic carbocycles. The van der Waals surface area contributed by atoms with Gasteiger partial charge in [-0.15, -0.1) is 0 Å². The molecule has 126 valence electrons. The number of nitrogens with one attached hydrogen (secondary N) is 1. The van der Waals surface area contributed by atoms with Crippen molar-refractivity contribution in [2.75, 3.05) is 25.0 Å². The molecule has 1 aromatic heterocycles. The SMILES string of the molecule is CC(C)CN1CCN(C(=O)Nc2nccn(C)c2=O)C(C)C1=O. The van der Waals surface area contributed by atoms with Gasteiger partial charge in [-0.3, -0.25) is 14.9 Å². The number of nitrogens with zero attached hydrogens (tertiary/aromatic N) is 4. The molecule has 8 heteroatoms. The van der Waals surface area contributed by atoms with Gasteiger partial charge in [-0.1, -0.05) is 13.8 Å². The lowest BCUT2D eigenvalue weighted by molar-refractivity contribution is -0.139. The Balaban J connectivity index is 2.08. The molecule has 2 heterocycles. The minimum absolute atomic E-state index is 0.0377. The van der Waals surface area contributed by atoms with E-state index >= 15 is 0 Å². The van der Waals surface area contributed by atoms with Gasteiger partial charge in [0.25, 0.3) is 5.56 Å². The Morgan fingerprint density at radius 1 is 1.39 bits per heavy atom. The fraction of sp³-hybridized carbons (Fsp3) is 0.600. The van der Waals surface area contributed by atoms with Crippen LogP contribution >= 0.6 is 0 Å². The first-order chi connectivity index (χ1) is 10.8. The zero-order valence-corrected chi connectivity index (χ0v) is 13.9. The molecular formula is C15H23N5O3. The van der Waals surface area contributed by atoms with Gasteiger partial charge in [-0.2, -0.15) is 0 Å². The predicted molar refractivity (Wildman–Crippen MR) is 86.1 cm³/mol. The normalized spacial score (nSPS) is 18.5. The summed E-state index contributed by atoms with van der Waals surface area (Å²) in [5, 5.41) is 2.50. The molecule has 8 nitrogen and oxygen atoms in total. The number of aryl methyl sites for hydroxylation is 1. The van der Waals surface area contributed by atoms with Crippen molar-refractivity contribution < 1.29 is 9.59 Å². The highest BCUT2D eigenvalue weighted by molar-refractivity contribution is 5.93. The summed E-state index contributed by atoms with van der Waals surface area (Å²) in [6.07, 6.45) is 2.95. The molecule has 0 saturated carbocycles. The van der Waals surface area contributed by atoms with Crippen molar-refractivity contribution in [1.82, 2.24) is 19.4 Å². The van der Waals surface area contributed by atoms with Crippen LogP contribution in [0.3, 0.4) is 0 Å². The number of amides is 3. The monoisotopic (exact) mass is 321 g/mol. The van der Waals surface area contributed by atoms with Crippen LogP contribution in [0.25, 0.3) is 0 Å². The van der Waals surface area contributed by atoms with E-state index in [0.717, 1.165) is 0 Å². The van der Waals surface area contributed by atoms with Crippen LogP contribution in [0.15, 0.2) is 17.2 Å². The van der Waals surface area contributed by atoms with Gasteiger partial charge in [-0.25, -0.2) is 9.78 Å². The number of hydrogen-bond acceptors (Lipinski definition) is 4. The average molecular weight is 321 g/mol. The first-order valence-corrected chi connectivity index (χ1v) is 7.69. The highest BCUT2D eigenvalue weighted by Crippen LogP contribution is 2.14.